The highest BCUT2D eigenvalue weighted by molar-refractivity contribution is 5.82. The minimum atomic E-state index is -0.696. The standard InChI is InChI=1S/C19H29N3O4/c1-19(2,3)26-17(23)16-13-21(10-9-20)11-12-22(16)18(24)25-14-15-7-5-4-6-8-15/h4-8,16H,9-14,20H2,1-3H3. The van der Waals surface area contributed by atoms with E-state index in [1.54, 1.807) is 0 Å². The van der Waals surface area contributed by atoms with Crippen molar-refractivity contribution in [1.29, 1.82) is 0 Å². The van der Waals surface area contributed by atoms with E-state index in [4.69, 9.17) is 15.2 Å². The van der Waals surface area contributed by atoms with Gasteiger partial charge in [0.25, 0.3) is 0 Å². The maximum absolute atomic E-state index is 12.6. The number of rotatable bonds is 5. The Kier molecular flexibility index (Phi) is 6.99. The molecule has 1 atom stereocenters. The Morgan fingerprint density at radius 3 is 2.50 bits per heavy atom. The molecule has 1 unspecified atom stereocenters. The monoisotopic (exact) mass is 363 g/mol. The summed E-state index contributed by atoms with van der Waals surface area (Å²) in [5.74, 6) is -0.420. The summed E-state index contributed by atoms with van der Waals surface area (Å²) < 4.78 is 10.9. The Labute approximate surface area is 155 Å². The summed E-state index contributed by atoms with van der Waals surface area (Å²) in [6, 6.07) is 8.75. The van der Waals surface area contributed by atoms with Crippen LogP contribution in [0.3, 0.4) is 0 Å². The van der Waals surface area contributed by atoms with Gasteiger partial charge in [0.1, 0.15) is 18.2 Å². The molecule has 1 aromatic carbocycles. The number of hydrogen-bond acceptors (Lipinski definition) is 6. The summed E-state index contributed by atoms with van der Waals surface area (Å²) in [4.78, 5) is 28.7. The lowest BCUT2D eigenvalue weighted by Gasteiger charge is -2.40. The number of benzene rings is 1. The summed E-state index contributed by atoms with van der Waals surface area (Å²) in [5.41, 5.74) is 5.91. The van der Waals surface area contributed by atoms with Crippen LogP contribution in [0.1, 0.15) is 26.3 Å². The van der Waals surface area contributed by atoms with Crippen LogP contribution in [0.4, 0.5) is 4.79 Å². The first-order valence-corrected chi connectivity index (χ1v) is 8.93. The average molecular weight is 363 g/mol. The Balaban J connectivity index is 2.04. The fourth-order valence-electron chi connectivity index (χ4n) is 2.82. The van der Waals surface area contributed by atoms with E-state index in [-0.39, 0.29) is 6.61 Å². The molecule has 0 aliphatic carbocycles. The Morgan fingerprint density at radius 2 is 1.88 bits per heavy atom. The van der Waals surface area contributed by atoms with Gasteiger partial charge in [0.2, 0.25) is 0 Å². The first kappa shape index (κ1) is 20.2. The molecule has 0 bridgehead atoms. The fraction of sp³-hybridized carbons (Fsp3) is 0.579. The second-order valence-electron chi connectivity index (χ2n) is 7.37. The van der Waals surface area contributed by atoms with Crippen LogP contribution in [0, 0.1) is 0 Å². The van der Waals surface area contributed by atoms with E-state index in [1.165, 1.54) is 4.90 Å². The fourth-order valence-corrected chi connectivity index (χ4v) is 2.82. The van der Waals surface area contributed by atoms with Crippen molar-refractivity contribution in [2.45, 2.75) is 39.0 Å². The van der Waals surface area contributed by atoms with Gasteiger partial charge in [-0.25, -0.2) is 9.59 Å². The molecule has 0 saturated carbocycles. The van der Waals surface area contributed by atoms with E-state index in [0.29, 0.717) is 32.7 Å². The number of nitrogens with two attached hydrogens (primary N) is 1. The van der Waals surface area contributed by atoms with Gasteiger partial charge in [0, 0.05) is 32.7 Å². The van der Waals surface area contributed by atoms with Crippen LogP contribution in [-0.4, -0.2) is 66.2 Å². The first-order valence-electron chi connectivity index (χ1n) is 8.93. The molecule has 0 spiro atoms. The third-order valence-corrected chi connectivity index (χ3v) is 4.03. The Hall–Kier alpha value is -2.12. The molecule has 7 nitrogen and oxygen atoms in total. The quantitative estimate of drug-likeness (QED) is 0.800. The number of esters is 1. The van der Waals surface area contributed by atoms with Crippen LogP contribution in [0.2, 0.25) is 0 Å². The molecule has 1 aromatic rings. The van der Waals surface area contributed by atoms with Crippen LogP contribution in [-0.2, 0) is 20.9 Å². The summed E-state index contributed by atoms with van der Waals surface area (Å²) in [7, 11) is 0. The van der Waals surface area contributed by atoms with E-state index in [2.05, 4.69) is 4.90 Å². The molecule has 2 N–H and O–H groups in total. The number of nitrogens with zero attached hydrogens (tertiary/aromatic N) is 2. The van der Waals surface area contributed by atoms with Crippen LogP contribution < -0.4 is 5.73 Å². The number of piperazine rings is 1. The summed E-state index contributed by atoms with van der Waals surface area (Å²) in [6.45, 7) is 8.22. The second kappa shape index (κ2) is 9.00. The number of ether oxygens (including phenoxy) is 2. The smallest absolute Gasteiger partial charge is 0.410 e. The zero-order valence-corrected chi connectivity index (χ0v) is 15.8. The molecule has 1 amide bonds. The lowest BCUT2D eigenvalue weighted by Crippen LogP contribution is -2.59. The molecule has 26 heavy (non-hydrogen) atoms. The Bertz CT molecular complexity index is 601. The van der Waals surface area contributed by atoms with Crippen molar-refractivity contribution in [2.24, 2.45) is 5.73 Å². The lowest BCUT2D eigenvalue weighted by molar-refractivity contribution is -0.163. The zero-order chi connectivity index (χ0) is 19.2. The van der Waals surface area contributed by atoms with Crippen molar-refractivity contribution in [3.05, 3.63) is 35.9 Å². The molecule has 1 fully saturated rings. The number of carbonyl (C=O) groups is 2. The molecule has 0 radical (unpaired) electrons. The number of amides is 1. The van der Waals surface area contributed by atoms with E-state index >= 15 is 0 Å². The lowest BCUT2D eigenvalue weighted by atomic mass is 10.1. The van der Waals surface area contributed by atoms with Gasteiger partial charge in [-0.1, -0.05) is 30.3 Å². The number of hydrogen-bond donors (Lipinski definition) is 1. The minimum Gasteiger partial charge on any atom is -0.458 e. The van der Waals surface area contributed by atoms with E-state index < -0.39 is 23.7 Å². The van der Waals surface area contributed by atoms with Gasteiger partial charge in [0.05, 0.1) is 0 Å². The maximum Gasteiger partial charge on any atom is 0.410 e. The highest BCUT2D eigenvalue weighted by Crippen LogP contribution is 2.17. The topological polar surface area (TPSA) is 85.1 Å². The third-order valence-electron chi connectivity index (χ3n) is 4.03. The predicted molar refractivity (Wildman–Crippen MR) is 98.5 cm³/mol. The van der Waals surface area contributed by atoms with Crippen molar-refractivity contribution in [3.8, 4) is 0 Å². The van der Waals surface area contributed by atoms with Gasteiger partial charge in [-0.15, -0.1) is 0 Å². The highest BCUT2D eigenvalue weighted by atomic mass is 16.6. The van der Waals surface area contributed by atoms with Crippen LogP contribution in [0.15, 0.2) is 30.3 Å². The molecule has 1 aliphatic rings. The molecular formula is C19H29N3O4. The van der Waals surface area contributed by atoms with Gasteiger partial charge in [0.15, 0.2) is 0 Å². The Morgan fingerprint density at radius 1 is 1.19 bits per heavy atom. The summed E-state index contributed by atoms with van der Waals surface area (Å²) in [5, 5.41) is 0. The highest BCUT2D eigenvalue weighted by Gasteiger charge is 2.38. The van der Waals surface area contributed by atoms with Crippen LogP contribution in [0.25, 0.3) is 0 Å². The van der Waals surface area contributed by atoms with Gasteiger partial charge in [-0.3, -0.25) is 9.80 Å². The summed E-state index contributed by atoms with van der Waals surface area (Å²) >= 11 is 0. The van der Waals surface area contributed by atoms with Crippen molar-refractivity contribution in [2.75, 3.05) is 32.7 Å². The van der Waals surface area contributed by atoms with E-state index in [1.807, 2.05) is 51.1 Å². The van der Waals surface area contributed by atoms with Crippen molar-refractivity contribution in [1.82, 2.24) is 9.80 Å². The molecular weight excluding hydrogens is 334 g/mol. The molecule has 0 aromatic heterocycles. The van der Waals surface area contributed by atoms with Crippen molar-refractivity contribution >= 4 is 12.1 Å². The summed E-state index contributed by atoms with van der Waals surface area (Å²) in [6.07, 6.45) is -0.503. The number of carbonyl (C=O) groups excluding carboxylic acids is 2. The molecule has 144 valence electrons. The van der Waals surface area contributed by atoms with E-state index in [0.717, 1.165) is 5.56 Å². The minimum absolute atomic E-state index is 0.170. The predicted octanol–water partition coefficient (Wildman–Crippen LogP) is 1.61. The van der Waals surface area contributed by atoms with Crippen LogP contribution in [0.5, 0.6) is 0 Å². The molecule has 1 saturated heterocycles. The van der Waals surface area contributed by atoms with E-state index in [9.17, 15) is 9.59 Å². The van der Waals surface area contributed by atoms with Crippen LogP contribution >= 0.6 is 0 Å². The van der Waals surface area contributed by atoms with Gasteiger partial charge < -0.3 is 15.2 Å². The molecule has 7 heteroatoms. The van der Waals surface area contributed by atoms with Crippen molar-refractivity contribution in [3.63, 3.8) is 0 Å². The maximum atomic E-state index is 12.6. The van der Waals surface area contributed by atoms with Crippen molar-refractivity contribution < 1.29 is 19.1 Å². The normalized spacial score (nSPS) is 18.5. The SMILES string of the molecule is CC(C)(C)OC(=O)C1CN(CCN)CCN1C(=O)OCc1ccccc1. The third kappa shape index (κ3) is 6.00. The molecule has 1 aliphatic heterocycles. The zero-order valence-electron chi connectivity index (χ0n) is 15.8. The van der Waals surface area contributed by atoms with Gasteiger partial charge in [-0.05, 0) is 26.3 Å². The molecule has 1 heterocycles. The van der Waals surface area contributed by atoms with Gasteiger partial charge in [-0.2, -0.15) is 0 Å². The van der Waals surface area contributed by atoms with Gasteiger partial charge >= 0.3 is 12.1 Å². The second-order valence-corrected chi connectivity index (χ2v) is 7.37. The molecule has 2 rings (SSSR count). The average Bonchev–Trinajstić information content (AvgIpc) is 2.59. The first-order chi connectivity index (χ1) is 12.3. The largest absolute Gasteiger partial charge is 0.458 e.